The largest absolute Gasteiger partial charge is 2.00 e. The maximum absolute atomic E-state index is 0. The van der Waals surface area contributed by atoms with Crippen molar-refractivity contribution in [1.82, 2.24) is 0 Å². The van der Waals surface area contributed by atoms with Crippen LogP contribution in [0.3, 0.4) is 0 Å². The van der Waals surface area contributed by atoms with Gasteiger partial charge in [-0.2, -0.15) is 0 Å². The van der Waals surface area contributed by atoms with E-state index in [0.717, 1.165) is 0 Å². The minimum absolute atomic E-state index is 0. The molecule has 0 saturated carbocycles. The van der Waals surface area contributed by atoms with Crippen LogP contribution < -0.4 is 0 Å². The van der Waals surface area contributed by atoms with Crippen molar-refractivity contribution < 1.29 is 60.2 Å². The monoisotopic (exact) mass is 243 g/mol. The van der Waals surface area contributed by atoms with Gasteiger partial charge in [0, 0.05) is 57.3 Å². The zero-order valence-corrected chi connectivity index (χ0v) is 8.39. The van der Waals surface area contributed by atoms with Gasteiger partial charge in [-0.25, -0.2) is 0 Å². The minimum Gasteiger partial charge on any atom is -1.00 e. The van der Waals surface area contributed by atoms with Crippen molar-refractivity contribution in [2.75, 3.05) is 0 Å². The molecule has 4 heavy (non-hydrogen) atoms. The Hall–Kier alpha value is 3.21. The van der Waals surface area contributed by atoms with Gasteiger partial charge in [0.2, 0.25) is 0 Å². The Kier molecular flexibility index (Phi) is 110. The van der Waals surface area contributed by atoms with Crippen LogP contribution in [0.1, 0.15) is 2.85 Å². The molecule has 1 radical (unpaired) electrons. The molecule has 0 aromatic heterocycles. The molecule has 0 aliphatic heterocycles. The number of hydrogen-bond donors (Lipinski definition) is 0. The van der Waals surface area contributed by atoms with Gasteiger partial charge >= 0.3 is 23.1 Å². The molecule has 0 bridgehead atoms. The molecule has 0 spiro atoms. The van der Waals surface area contributed by atoms with Crippen LogP contribution in [-0.2, 0) is 21.7 Å². The van der Waals surface area contributed by atoms with Crippen molar-refractivity contribution in [1.29, 1.82) is 0 Å². The molecule has 0 amide bonds. The van der Waals surface area contributed by atoms with Gasteiger partial charge < -0.3 is 2.85 Å². The predicted octanol–water partition coefficient (Wildman–Crippen LogP) is -1.34. The molecule has 0 heterocycles. The van der Waals surface area contributed by atoms with Crippen LogP contribution in [0.25, 0.3) is 0 Å². The molecule has 0 aliphatic rings. The van der Waals surface area contributed by atoms with E-state index in [1.165, 1.54) is 0 Å². The first-order valence-electron chi connectivity index (χ1n) is 0. The third kappa shape index (κ3) is 8.96. The second kappa shape index (κ2) is 16.4. The zero-order valence-electron chi connectivity index (χ0n) is 3.78. The van der Waals surface area contributed by atoms with Crippen LogP contribution in [0.4, 0.5) is 0 Å². The van der Waals surface area contributed by atoms with Crippen molar-refractivity contribution in [2.24, 2.45) is 0 Å². The van der Waals surface area contributed by atoms with Crippen LogP contribution in [0.2, 0.25) is 0 Å². The van der Waals surface area contributed by atoms with Crippen LogP contribution in [0.15, 0.2) is 0 Å². The van der Waals surface area contributed by atoms with Crippen LogP contribution in [-0.4, -0.2) is 40.4 Å². The van der Waals surface area contributed by atoms with E-state index in [1.807, 2.05) is 0 Å². The molecule has 17 valence electrons. The van der Waals surface area contributed by atoms with Gasteiger partial charge in [0.25, 0.3) is 0 Å². The molecule has 0 rings (SSSR count). The molecule has 0 atom stereocenters. The summed E-state index contributed by atoms with van der Waals surface area (Å²) in [4.78, 5) is 0. The molecular formula is H5AlLaMgTi. The van der Waals surface area contributed by atoms with Crippen molar-refractivity contribution in [3.63, 3.8) is 0 Å². The molecule has 4 heteroatoms. The van der Waals surface area contributed by atoms with Gasteiger partial charge in [-0.1, -0.05) is 0 Å². The third-order valence-corrected chi connectivity index (χ3v) is 0. The fraction of sp³-hybridized carbons (Fsp3) is 0. The average Bonchev–Trinajstić information content (AvgIpc) is 0. The Bertz CT molecular complexity index is 13.5. The number of hydrogen-bond acceptors (Lipinski definition) is 0. The summed E-state index contributed by atoms with van der Waals surface area (Å²) in [6.07, 6.45) is 0. The normalized spacial score (nSPS) is 0. The summed E-state index contributed by atoms with van der Waals surface area (Å²) >= 11 is 0. The fourth-order valence-electron chi connectivity index (χ4n) is 0. The molecule has 0 aliphatic carbocycles. The van der Waals surface area contributed by atoms with Crippen LogP contribution in [0.5, 0.6) is 0 Å². The molecule has 0 unspecified atom stereocenters. The summed E-state index contributed by atoms with van der Waals surface area (Å²) in [5.74, 6) is 0. The van der Waals surface area contributed by atoms with Crippen molar-refractivity contribution in [3.05, 3.63) is 0 Å². The Labute approximate surface area is 98.6 Å². The second-order valence-corrected chi connectivity index (χ2v) is 0. The molecule has 0 fully saturated rings. The van der Waals surface area contributed by atoms with E-state index in [4.69, 9.17) is 0 Å². The first-order chi connectivity index (χ1) is 0. The van der Waals surface area contributed by atoms with Gasteiger partial charge in [-0.15, -0.1) is 0 Å². The van der Waals surface area contributed by atoms with Gasteiger partial charge in [0.1, 0.15) is 0 Å². The topological polar surface area (TPSA) is 0 Å². The van der Waals surface area contributed by atoms with E-state index in [0.29, 0.717) is 0 Å². The molecule has 0 N–H and O–H groups in total. The summed E-state index contributed by atoms with van der Waals surface area (Å²) in [7, 11) is 0. The number of rotatable bonds is 0. The Morgan fingerprint density at radius 3 is 1.25 bits per heavy atom. The van der Waals surface area contributed by atoms with E-state index in [2.05, 4.69) is 0 Å². The smallest absolute Gasteiger partial charge is 1.00 e. The summed E-state index contributed by atoms with van der Waals surface area (Å²) in [5.41, 5.74) is 0. The molecule has 0 aromatic carbocycles. The summed E-state index contributed by atoms with van der Waals surface area (Å²) in [6, 6.07) is 0. The molecule has 0 aromatic rings. The van der Waals surface area contributed by atoms with E-state index in [-0.39, 0.29) is 101 Å². The maximum Gasteiger partial charge on any atom is 2.00 e. The van der Waals surface area contributed by atoms with Gasteiger partial charge in [0.15, 0.2) is 17.4 Å². The fourth-order valence-corrected chi connectivity index (χ4v) is 0. The van der Waals surface area contributed by atoms with Gasteiger partial charge in [-0.3, -0.25) is 0 Å². The maximum atomic E-state index is 0. The van der Waals surface area contributed by atoms with Crippen LogP contribution >= 0.6 is 0 Å². The SMILES string of the molecule is [AlH3].[H-].[H-].[La].[Mg+2].[Ti]. The molecule has 0 saturated heterocycles. The van der Waals surface area contributed by atoms with Gasteiger partial charge in [-0.05, 0) is 0 Å². The van der Waals surface area contributed by atoms with E-state index >= 15 is 0 Å². The summed E-state index contributed by atoms with van der Waals surface area (Å²) < 4.78 is 0. The van der Waals surface area contributed by atoms with Crippen molar-refractivity contribution in [3.8, 4) is 0 Å². The Morgan fingerprint density at radius 2 is 1.25 bits per heavy atom. The molecular weight excluding hydrogens is 238 g/mol. The quantitative estimate of drug-likeness (QED) is 0.462. The third-order valence-electron chi connectivity index (χ3n) is 0. The zero-order chi connectivity index (χ0) is 0. The van der Waals surface area contributed by atoms with Crippen LogP contribution in [0, 0.1) is 35.6 Å². The van der Waals surface area contributed by atoms with Gasteiger partial charge in [0.05, 0.1) is 0 Å². The predicted molar refractivity (Wildman–Crippen MR) is 17.9 cm³/mol. The molecule has 0 nitrogen and oxygen atoms in total. The first kappa shape index (κ1) is 27.0. The Balaban J connectivity index is 0. The minimum atomic E-state index is 0. The van der Waals surface area contributed by atoms with E-state index in [1.54, 1.807) is 0 Å². The summed E-state index contributed by atoms with van der Waals surface area (Å²) in [6.45, 7) is 0. The van der Waals surface area contributed by atoms with E-state index < -0.39 is 0 Å². The standard InChI is InChI=1S/Al.La.Mg.Ti.5H/q;;+2;;;;;2*-1. The first-order valence-corrected chi connectivity index (χ1v) is 0. The Morgan fingerprint density at radius 1 is 1.25 bits per heavy atom. The second-order valence-electron chi connectivity index (χ2n) is 0. The van der Waals surface area contributed by atoms with E-state index in [9.17, 15) is 0 Å². The van der Waals surface area contributed by atoms with Crippen molar-refractivity contribution >= 4 is 40.4 Å². The average molecular weight is 243 g/mol. The van der Waals surface area contributed by atoms with Crippen molar-refractivity contribution in [2.45, 2.75) is 0 Å². The summed E-state index contributed by atoms with van der Waals surface area (Å²) in [5, 5.41) is 0.